The highest BCUT2D eigenvalue weighted by molar-refractivity contribution is 5.09. The average molecular weight is 209 g/mol. The second-order valence-corrected chi connectivity index (χ2v) is 4.37. The maximum atomic E-state index is 5.75. The van der Waals surface area contributed by atoms with Gasteiger partial charge in [0, 0.05) is 24.8 Å². The molecule has 0 bridgehead atoms. The molecule has 0 amide bonds. The molecule has 4 heteroatoms. The molecule has 84 valence electrons. The van der Waals surface area contributed by atoms with Gasteiger partial charge in [0.15, 0.2) is 0 Å². The van der Waals surface area contributed by atoms with E-state index in [1.165, 1.54) is 0 Å². The van der Waals surface area contributed by atoms with Crippen molar-refractivity contribution in [1.82, 2.24) is 9.78 Å². The Bertz CT molecular complexity index is 321. The van der Waals surface area contributed by atoms with E-state index in [0.29, 0.717) is 18.5 Å². The summed E-state index contributed by atoms with van der Waals surface area (Å²) in [6.07, 6.45) is 3.04. The average Bonchev–Trinajstić information content (AvgIpc) is 2.85. The van der Waals surface area contributed by atoms with Gasteiger partial charge in [0.2, 0.25) is 0 Å². The minimum atomic E-state index is 0.139. The van der Waals surface area contributed by atoms with Crippen molar-refractivity contribution in [3.8, 4) is 0 Å². The predicted molar refractivity (Wildman–Crippen MR) is 58.5 cm³/mol. The van der Waals surface area contributed by atoms with Crippen molar-refractivity contribution in [2.75, 3.05) is 13.2 Å². The highest BCUT2D eigenvalue weighted by Gasteiger charge is 2.31. The lowest BCUT2D eigenvalue weighted by Crippen LogP contribution is -2.21. The van der Waals surface area contributed by atoms with Crippen molar-refractivity contribution in [2.24, 2.45) is 11.7 Å². The zero-order valence-corrected chi connectivity index (χ0v) is 9.39. The first kappa shape index (κ1) is 10.6. The van der Waals surface area contributed by atoms with Crippen LogP contribution in [-0.4, -0.2) is 22.9 Å². The lowest BCUT2D eigenvalue weighted by Gasteiger charge is -2.20. The highest BCUT2D eigenvalue weighted by atomic mass is 16.5. The molecular formula is C11H19N3O. The van der Waals surface area contributed by atoms with Crippen LogP contribution in [0.15, 0.2) is 12.3 Å². The summed E-state index contributed by atoms with van der Waals surface area (Å²) in [5.74, 6) is 0.444. The molecule has 4 nitrogen and oxygen atoms in total. The van der Waals surface area contributed by atoms with Gasteiger partial charge in [0.25, 0.3) is 0 Å². The Labute approximate surface area is 90.4 Å². The predicted octanol–water partition coefficient (Wildman–Crippen LogP) is 1.50. The molecule has 1 fully saturated rings. The Morgan fingerprint density at radius 3 is 3.13 bits per heavy atom. The van der Waals surface area contributed by atoms with E-state index in [9.17, 15) is 0 Å². The van der Waals surface area contributed by atoms with Crippen LogP contribution in [0.5, 0.6) is 0 Å². The second kappa shape index (κ2) is 4.33. The van der Waals surface area contributed by atoms with Gasteiger partial charge in [0.1, 0.15) is 6.10 Å². The van der Waals surface area contributed by atoms with Crippen LogP contribution >= 0.6 is 0 Å². The molecule has 0 aliphatic carbocycles. The topological polar surface area (TPSA) is 53.1 Å². The van der Waals surface area contributed by atoms with E-state index in [2.05, 4.69) is 18.9 Å². The van der Waals surface area contributed by atoms with Gasteiger partial charge in [0.05, 0.1) is 5.69 Å². The Morgan fingerprint density at radius 2 is 2.47 bits per heavy atom. The molecule has 15 heavy (non-hydrogen) atoms. The summed E-state index contributed by atoms with van der Waals surface area (Å²) in [5.41, 5.74) is 6.91. The minimum absolute atomic E-state index is 0.139. The molecule has 2 N–H and O–H groups in total. The zero-order chi connectivity index (χ0) is 10.8. The number of nitrogens with two attached hydrogens (primary N) is 1. The number of aromatic nitrogens is 2. The number of rotatable bonds is 3. The molecule has 0 spiro atoms. The lowest BCUT2D eigenvalue weighted by molar-refractivity contribution is 0.0837. The summed E-state index contributed by atoms with van der Waals surface area (Å²) in [5, 5.41) is 4.32. The number of nitrogens with zero attached hydrogens (tertiary/aromatic N) is 2. The summed E-state index contributed by atoms with van der Waals surface area (Å²) in [6, 6.07) is 2.41. The van der Waals surface area contributed by atoms with E-state index in [0.717, 1.165) is 18.7 Å². The molecule has 0 saturated carbocycles. The summed E-state index contributed by atoms with van der Waals surface area (Å²) in [6.45, 7) is 5.76. The molecule has 0 aromatic carbocycles. The van der Waals surface area contributed by atoms with E-state index < -0.39 is 0 Å². The summed E-state index contributed by atoms with van der Waals surface area (Å²) < 4.78 is 7.78. The molecule has 2 atom stereocenters. The van der Waals surface area contributed by atoms with E-state index in [4.69, 9.17) is 10.5 Å². The zero-order valence-electron chi connectivity index (χ0n) is 9.39. The Hall–Kier alpha value is -0.870. The highest BCUT2D eigenvalue weighted by Crippen LogP contribution is 2.34. The Morgan fingerprint density at radius 1 is 1.67 bits per heavy atom. The lowest BCUT2D eigenvalue weighted by atomic mass is 9.99. The van der Waals surface area contributed by atoms with Crippen LogP contribution < -0.4 is 5.73 Å². The van der Waals surface area contributed by atoms with Gasteiger partial charge < -0.3 is 10.5 Å². The van der Waals surface area contributed by atoms with Crippen molar-refractivity contribution in [1.29, 1.82) is 0 Å². The third-order valence-electron chi connectivity index (χ3n) is 3.00. The van der Waals surface area contributed by atoms with Crippen molar-refractivity contribution < 1.29 is 4.74 Å². The van der Waals surface area contributed by atoms with Gasteiger partial charge in [-0.2, -0.15) is 5.10 Å². The summed E-state index contributed by atoms with van der Waals surface area (Å²) in [7, 11) is 0. The number of hydrogen-bond acceptors (Lipinski definition) is 3. The fraction of sp³-hybridized carbons (Fsp3) is 0.727. The van der Waals surface area contributed by atoms with Crippen LogP contribution in [0.2, 0.25) is 0 Å². The molecule has 0 radical (unpaired) electrons. The number of ether oxygens (including phenoxy) is 1. The van der Waals surface area contributed by atoms with Gasteiger partial charge in [-0.25, -0.2) is 0 Å². The van der Waals surface area contributed by atoms with Crippen LogP contribution in [0.3, 0.4) is 0 Å². The van der Waals surface area contributed by atoms with E-state index in [-0.39, 0.29) is 6.10 Å². The van der Waals surface area contributed by atoms with Gasteiger partial charge in [-0.3, -0.25) is 4.68 Å². The molecular weight excluding hydrogens is 190 g/mol. The Balaban J connectivity index is 2.24. The first-order valence-electron chi connectivity index (χ1n) is 5.59. The van der Waals surface area contributed by atoms with Crippen LogP contribution in [0.25, 0.3) is 0 Å². The maximum absolute atomic E-state index is 5.75. The standard InChI is InChI=1S/C11H19N3O/c1-8(2)14-10(3-5-13-14)11-9(7-12)4-6-15-11/h3,5,8-9,11H,4,6-7,12H2,1-2H3. The van der Waals surface area contributed by atoms with Crippen molar-refractivity contribution in [3.63, 3.8) is 0 Å². The summed E-state index contributed by atoms with van der Waals surface area (Å²) in [4.78, 5) is 0. The van der Waals surface area contributed by atoms with Crippen LogP contribution in [0.4, 0.5) is 0 Å². The fourth-order valence-corrected chi connectivity index (χ4v) is 2.18. The normalized spacial score (nSPS) is 26.4. The SMILES string of the molecule is CC(C)n1nccc1C1OCCC1CN. The second-order valence-electron chi connectivity index (χ2n) is 4.37. The molecule has 1 aromatic heterocycles. The van der Waals surface area contributed by atoms with Crippen molar-refractivity contribution in [2.45, 2.75) is 32.4 Å². The largest absolute Gasteiger partial charge is 0.372 e. The summed E-state index contributed by atoms with van der Waals surface area (Å²) >= 11 is 0. The molecule has 1 aromatic rings. The van der Waals surface area contributed by atoms with E-state index in [1.54, 1.807) is 0 Å². The van der Waals surface area contributed by atoms with Crippen LogP contribution in [-0.2, 0) is 4.74 Å². The maximum Gasteiger partial charge on any atom is 0.103 e. The van der Waals surface area contributed by atoms with E-state index >= 15 is 0 Å². The van der Waals surface area contributed by atoms with Gasteiger partial charge in [-0.05, 0) is 32.9 Å². The van der Waals surface area contributed by atoms with Crippen LogP contribution in [0.1, 0.15) is 38.1 Å². The van der Waals surface area contributed by atoms with Gasteiger partial charge >= 0.3 is 0 Å². The molecule has 2 heterocycles. The smallest absolute Gasteiger partial charge is 0.103 e. The van der Waals surface area contributed by atoms with E-state index in [1.807, 2.05) is 16.9 Å². The minimum Gasteiger partial charge on any atom is -0.372 e. The fourth-order valence-electron chi connectivity index (χ4n) is 2.18. The first-order chi connectivity index (χ1) is 7.24. The molecule has 1 aliphatic rings. The van der Waals surface area contributed by atoms with Gasteiger partial charge in [-0.1, -0.05) is 0 Å². The number of hydrogen-bond donors (Lipinski definition) is 1. The molecule has 2 unspecified atom stereocenters. The first-order valence-corrected chi connectivity index (χ1v) is 5.59. The molecule has 2 rings (SSSR count). The Kier molecular flexibility index (Phi) is 3.07. The monoisotopic (exact) mass is 209 g/mol. The molecule has 1 aliphatic heterocycles. The molecule has 1 saturated heterocycles. The van der Waals surface area contributed by atoms with Crippen molar-refractivity contribution >= 4 is 0 Å². The quantitative estimate of drug-likeness (QED) is 0.820. The third-order valence-corrected chi connectivity index (χ3v) is 3.00. The van der Waals surface area contributed by atoms with Crippen molar-refractivity contribution in [3.05, 3.63) is 18.0 Å². The third kappa shape index (κ3) is 1.92. The van der Waals surface area contributed by atoms with Gasteiger partial charge in [-0.15, -0.1) is 0 Å². The van der Waals surface area contributed by atoms with Crippen LogP contribution in [0, 0.1) is 5.92 Å².